The van der Waals surface area contributed by atoms with E-state index in [1.165, 1.54) is 19.2 Å². The fraction of sp³-hybridized carbons (Fsp3) is 0.200. The van der Waals surface area contributed by atoms with E-state index < -0.39 is 13.2 Å². The highest BCUT2D eigenvalue weighted by atomic mass is 16.3. The highest BCUT2D eigenvalue weighted by Gasteiger charge is 2.14. The smallest absolute Gasteiger partial charge is 0.227 e. The van der Waals surface area contributed by atoms with Gasteiger partial charge in [0.05, 0.1) is 5.69 Å². The Morgan fingerprint density at radius 3 is 2.96 bits per heavy atom. The standard InChI is InChI=1S/C20H18N2O/c1-4-14-10-18(21-11-12(14)2)17-7-5-6-15-16-9-8-13(3)22-20(16)23-19(15)17/h5-11H,4H2,1-3H3/i2D3,4D2. The Morgan fingerprint density at radius 1 is 1.22 bits per heavy atom. The maximum absolute atomic E-state index is 8.08. The van der Waals surface area contributed by atoms with Crippen molar-refractivity contribution in [3.05, 3.63) is 59.4 Å². The van der Waals surface area contributed by atoms with Crippen molar-refractivity contribution in [2.75, 3.05) is 0 Å². The van der Waals surface area contributed by atoms with Crippen molar-refractivity contribution in [1.29, 1.82) is 0 Å². The molecule has 3 heterocycles. The average Bonchev–Trinajstić information content (AvgIpc) is 2.97. The highest BCUT2D eigenvalue weighted by Crippen LogP contribution is 2.34. The van der Waals surface area contributed by atoms with Crippen LogP contribution in [-0.4, -0.2) is 9.97 Å². The lowest BCUT2D eigenvalue weighted by molar-refractivity contribution is 0.653. The van der Waals surface area contributed by atoms with E-state index in [0.29, 0.717) is 22.6 Å². The number of fused-ring (bicyclic) bond motifs is 3. The third-order valence-electron chi connectivity index (χ3n) is 3.95. The lowest BCUT2D eigenvalue weighted by Gasteiger charge is -2.06. The Kier molecular flexibility index (Phi) is 2.14. The summed E-state index contributed by atoms with van der Waals surface area (Å²) in [7, 11) is 0. The molecule has 23 heavy (non-hydrogen) atoms. The van der Waals surface area contributed by atoms with E-state index in [-0.39, 0.29) is 11.1 Å². The van der Waals surface area contributed by atoms with Crippen molar-refractivity contribution in [2.24, 2.45) is 0 Å². The van der Waals surface area contributed by atoms with Gasteiger partial charge in [-0.2, -0.15) is 0 Å². The second kappa shape index (κ2) is 5.20. The third kappa shape index (κ3) is 2.20. The van der Waals surface area contributed by atoms with Crippen molar-refractivity contribution in [1.82, 2.24) is 9.97 Å². The van der Waals surface area contributed by atoms with Gasteiger partial charge in [0.1, 0.15) is 5.58 Å². The quantitative estimate of drug-likeness (QED) is 0.509. The van der Waals surface area contributed by atoms with Gasteiger partial charge < -0.3 is 4.42 Å². The Hall–Kier alpha value is -2.68. The second-order valence-electron chi connectivity index (χ2n) is 5.45. The maximum Gasteiger partial charge on any atom is 0.227 e. The van der Waals surface area contributed by atoms with Gasteiger partial charge in [0.2, 0.25) is 5.71 Å². The molecule has 0 saturated heterocycles. The second-order valence-corrected chi connectivity index (χ2v) is 5.45. The molecule has 0 N–H and O–H groups in total. The molecule has 1 aromatic carbocycles. The summed E-state index contributed by atoms with van der Waals surface area (Å²) >= 11 is 0. The minimum atomic E-state index is -2.45. The first-order valence-electron chi connectivity index (χ1n) is 9.86. The SMILES string of the molecule is [2H]C([2H])([2H])c1cnc(-c2cccc3c2oc2nc(C)ccc23)cc1C([2H])([2H])C. The zero-order chi connectivity index (χ0) is 20.3. The Labute approximate surface area is 142 Å². The summed E-state index contributed by atoms with van der Waals surface area (Å²) in [5.74, 6) is 0. The molecule has 0 atom stereocenters. The van der Waals surface area contributed by atoms with Crippen LogP contribution in [0.2, 0.25) is 0 Å². The number of nitrogens with zero attached hydrogens (tertiary/aromatic N) is 2. The summed E-state index contributed by atoms with van der Waals surface area (Å²) in [6.07, 6.45) is -0.593. The number of aromatic nitrogens is 2. The first kappa shape index (κ1) is 9.46. The van der Waals surface area contributed by atoms with E-state index in [1.54, 1.807) is 0 Å². The summed E-state index contributed by atoms with van der Waals surface area (Å²) < 4.78 is 45.2. The molecule has 0 radical (unpaired) electrons. The van der Waals surface area contributed by atoms with E-state index in [9.17, 15) is 0 Å². The van der Waals surface area contributed by atoms with Gasteiger partial charge in [0, 0.05) is 35.1 Å². The summed E-state index contributed by atoms with van der Waals surface area (Å²) in [5.41, 5.74) is 3.08. The average molecular weight is 307 g/mol. The summed E-state index contributed by atoms with van der Waals surface area (Å²) in [6.45, 7) is 0.783. The van der Waals surface area contributed by atoms with E-state index in [1.807, 2.05) is 37.3 Å². The predicted molar refractivity (Wildman–Crippen MR) is 93.6 cm³/mol. The molecule has 0 aliphatic heterocycles. The van der Waals surface area contributed by atoms with Crippen molar-refractivity contribution in [2.45, 2.75) is 27.1 Å². The number of pyridine rings is 2. The fourth-order valence-electron chi connectivity index (χ4n) is 2.78. The number of furan rings is 1. The van der Waals surface area contributed by atoms with Gasteiger partial charge in [0.15, 0.2) is 0 Å². The van der Waals surface area contributed by atoms with Crippen LogP contribution in [0.5, 0.6) is 0 Å². The van der Waals surface area contributed by atoms with Crippen molar-refractivity contribution in [3.63, 3.8) is 0 Å². The molecule has 0 aliphatic carbocycles. The van der Waals surface area contributed by atoms with Crippen LogP contribution in [0.4, 0.5) is 0 Å². The predicted octanol–water partition coefficient (Wildman–Crippen LogP) is 5.22. The van der Waals surface area contributed by atoms with Gasteiger partial charge in [-0.25, -0.2) is 4.98 Å². The minimum Gasteiger partial charge on any atom is -0.437 e. The Bertz CT molecular complexity index is 1210. The molecular formula is C20H18N2O. The molecule has 114 valence electrons. The van der Waals surface area contributed by atoms with Crippen molar-refractivity contribution >= 4 is 22.1 Å². The molecule has 0 amide bonds. The molecule has 0 aliphatic rings. The molecule has 3 aromatic heterocycles. The monoisotopic (exact) mass is 307 g/mol. The largest absolute Gasteiger partial charge is 0.437 e. The van der Waals surface area contributed by atoms with Crippen LogP contribution >= 0.6 is 0 Å². The molecule has 3 heteroatoms. The van der Waals surface area contributed by atoms with Gasteiger partial charge in [-0.1, -0.05) is 19.1 Å². The van der Waals surface area contributed by atoms with Crippen molar-refractivity contribution in [3.8, 4) is 11.3 Å². The van der Waals surface area contributed by atoms with Crippen molar-refractivity contribution < 1.29 is 11.3 Å². The van der Waals surface area contributed by atoms with E-state index >= 15 is 0 Å². The van der Waals surface area contributed by atoms with Crippen LogP contribution in [-0.2, 0) is 6.37 Å². The van der Waals surface area contributed by atoms with Crippen LogP contribution < -0.4 is 0 Å². The maximum atomic E-state index is 8.08. The number of rotatable bonds is 2. The van der Waals surface area contributed by atoms with Gasteiger partial charge >= 0.3 is 0 Å². The third-order valence-corrected chi connectivity index (χ3v) is 3.95. The van der Waals surface area contributed by atoms with E-state index in [2.05, 4.69) is 9.97 Å². The first-order chi connectivity index (χ1) is 13.1. The van der Waals surface area contributed by atoms with Crippen LogP contribution in [0.15, 0.2) is 47.0 Å². The van der Waals surface area contributed by atoms with Crippen LogP contribution in [0, 0.1) is 13.8 Å². The number of hydrogen-bond acceptors (Lipinski definition) is 3. The summed E-state index contributed by atoms with van der Waals surface area (Å²) in [6, 6.07) is 11.0. The number of aryl methyl sites for hydroxylation is 3. The Morgan fingerprint density at radius 2 is 2.13 bits per heavy atom. The lowest BCUT2D eigenvalue weighted by atomic mass is 10.0. The topological polar surface area (TPSA) is 38.9 Å². The molecule has 0 saturated carbocycles. The molecule has 0 fully saturated rings. The van der Waals surface area contributed by atoms with Crippen LogP contribution in [0.1, 0.15) is 30.6 Å². The zero-order valence-electron chi connectivity index (χ0n) is 17.8. The van der Waals surface area contributed by atoms with Gasteiger partial charge in [0.25, 0.3) is 0 Å². The van der Waals surface area contributed by atoms with Gasteiger partial charge in [-0.05, 0) is 55.5 Å². The van der Waals surface area contributed by atoms with Gasteiger partial charge in [-0.15, -0.1) is 0 Å². The summed E-state index contributed by atoms with van der Waals surface area (Å²) in [4.78, 5) is 8.75. The first-order valence-corrected chi connectivity index (χ1v) is 7.36. The minimum absolute atomic E-state index is 0.0853. The normalized spacial score (nSPS) is 15.8. The summed E-state index contributed by atoms with van der Waals surface area (Å²) in [5, 5.41) is 1.76. The molecule has 3 nitrogen and oxygen atoms in total. The van der Waals surface area contributed by atoms with E-state index in [4.69, 9.17) is 11.3 Å². The van der Waals surface area contributed by atoms with Crippen LogP contribution in [0.25, 0.3) is 33.3 Å². The van der Waals surface area contributed by atoms with Gasteiger partial charge in [-0.3, -0.25) is 4.98 Å². The fourth-order valence-corrected chi connectivity index (χ4v) is 2.78. The Balaban J connectivity index is 1.99. The zero-order valence-corrected chi connectivity index (χ0v) is 12.8. The number of benzene rings is 1. The molecule has 0 unspecified atom stereocenters. The van der Waals surface area contributed by atoms with Crippen LogP contribution in [0.3, 0.4) is 0 Å². The molecule has 0 spiro atoms. The lowest BCUT2D eigenvalue weighted by Crippen LogP contribution is -1.91. The number of para-hydroxylation sites is 1. The highest BCUT2D eigenvalue weighted by molar-refractivity contribution is 6.08. The molecule has 0 bridgehead atoms. The molecular weight excluding hydrogens is 284 g/mol. The van der Waals surface area contributed by atoms with E-state index in [0.717, 1.165) is 16.5 Å². The number of hydrogen-bond donors (Lipinski definition) is 0. The molecule has 4 aromatic rings. The molecule has 4 rings (SSSR count).